The highest BCUT2D eigenvalue weighted by Crippen LogP contribution is 2.34. The van der Waals surface area contributed by atoms with Crippen LogP contribution in [0.2, 0.25) is 0 Å². The number of hydrogen-bond donors (Lipinski definition) is 2. The van der Waals surface area contributed by atoms with Gasteiger partial charge in [-0.15, -0.1) is 0 Å². The molecule has 2 aliphatic rings. The second-order valence-electron chi connectivity index (χ2n) is 7.30. The van der Waals surface area contributed by atoms with Crippen LogP contribution in [0, 0.1) is 0 Å². The van der Waals surface area contributed by atoms with E-state index in [1.54, 1.807) is 0 Å². The topological polar surface area (TPSA) is 73.2 Å². The summed E-state index contributed by atoms with van der Waals surface area (Å²) < 4.78 is 5.77. The molecule has 3 rings (SSSR count). The van der Waals surface area contributed by atoms with E-state index in [2.05, 4.69) is 24.0 Å². The minimum atomic E-state index is -0.417. The first-order valence-electron chi connectivity index (χ1n) is 9.05. The third kappa shape index (κ3) is 3.97. The number of carbonyl (C=O) groups is 1. The summed E-state index contributed by atoms with van der Waals surface area (Å²) in [7, 11) is 0. The van der Waals surface area contributed by atoms with Gasteiger partial charge in [0.15, 0.2) is 0 Å². The average molecular weight is 348 g/mol. The summed E-state index contributed by atoms with van der Waals surface area (Å²) >= 11 is 0. The van der Waals surface area contributed by atoms with E-state index in [0.29, 0.717) is 13.1 Å². The summed E-state index contributed by atoms with van der Waals surface area (Å²) in [5.74, 6) is 0.261. The van der Waals surface area contributed by atoms with Crippen LogP contribution in [0.25, 0.3) is 0 Å². The minimum absolute atomic E-state index is 0.0516. The Kier molecular flexibility index (Phi) is 5.61. The van der Waals surface area contributed by atoms with Gasteiger partial charge in [-0.3, -0.25) is 4.90 Å². The van der Waals surface area contributed by atoms with Crippen LogP contribution >= 0.6 is 0 Å². The van der Waals surface area contributed by atoms with Crippen LogP contribution in [0.3, 0.4) is 0 Å². The third-order valence-electron chi connectivity index (χ3n) is 5.55. The van der Waals surface area contributed by atoms with Crippen molar-refractivity contribution >= 4 is 6.09 Å². The summed E-state index contributed by atoms with van der Waals surface area (Å²) in [5, 5.41) is 18.7. The summed E-state index contributed by atoms with van der Waals surface area (Å²) in [6.07, 6.45) is 1.26. The fraction of sp³-hybridized carbons (Fsp3) is 0.632. The van der Waals surface area contributed by atoms with Crippen LogP contribution in [0.4, 0.5) is 4.79 Å². The van der Waals surface area contributed by atoms with Gasteiger partial charge in [0.05, 0.1) is 25.8 Å². The monoisotopic (exact) mass is 348 g/mol. The van der Waals surface area contributed by atoms with Gasteiger partial charge in [-0.05, 0) is 11.5 Å². The quantitative estimate of drug-likeness (QED) is 0.814. The Morgan fingerprint density at radius 2 is 1.80 bits per heavy atom. The first-order valence-corrected chi connectivity index (χ1v) is 9.05. The Morgan fingerprint density at radius 1 is 1.16 bits per heavy atom. The van der Waals surface area contributed by atoms with Crippen molar-refractivity contribution in [2.75, 3.05) is 39.4 Å². The van der Waals surface area contributed by atoms with Gasteiger partial charge in [0, 0.05) is 32.5 Å². The number of ether oxygens (including phenoxy) is 1. The SMILES string of the molecule is CC(CN1CC2(CCN(C(CO)CO)CC2)OC1=O)c1ccccc1. The summed E-state index contributed by atoms with van der Waals surface area (Å²) in [6, 6.07) is 9.99. The predicted molar refractivity (Wildman–Crippen MR) is 94.4 cm³/mol. The van der Waals surface area contributed by atoms with Crippen molar-refractivity contribution in [3.05, 3.63) is 35.9 Å². The fourth-order valence-corrected chi connectivity index (χ4v) is 3.90. The molecular formula is C19H28N2O4. The van der Waals surface area contributed by atoms with Gasteiger partial charge >= 0.3 is 6.09 Å². The van der Waals surface area contributed by atoms with E-state index in [9.17, 15) is 15.0 Å². The van der Waals surface area contributed by atoms with E-state index >= 15 is 0 Å². The lowest BCUT2D eigenvalue weighted by Gasteiger charge is -2.40. The maximum absolute atomic E-state index is 12.4. The molecule has 25 heavy (non-hydrogen) atoms. The molecule has 0 bridgehead atoms. The van der Waals surface area contributed by atoms with Crippen molar-refractivity contribution in [1.82, 2.24) is 9.80 Å². The molecule has 1 spiro atoms. The molecule has 0 aliphatic carbocycles. The van der Waals surface area contributed by atoms with Crippen molar-refractivity contribution in [3.8, 4) is 0 Å². The average Bonchev–Trinajstić information content (AvgIpc) is 2.93. The van der Waals surface area contributed by atoms with Crippen LogP contribution in [0.1, 0.15) is 31.2 Å². The van der Waals surface area contributed by atoms with Gasteiger partial charge in [0.2, 0.25) is 0 Å². The first kappa shape index (κ1) is 18.2. The number of likely N-dealkylation sites (tertiary alicyclic amines) is 1. The molecule has 2 N–H and O–H groups in total. The second-order valence-corrected chi connectivity index (χ2v) is 7.30. The minimum Gasteiger partial charge on any atom is -0.441 e. The predicted octanol–water partition coefficient (Wildman–Crippen LogP) is 1.43. The zero-order valence-corrected chi connectivity index (χ0v) is 14.8. The normalized spacial score (nSPS) is 21.8. The van der Waals surface area contributed by atoms with Gasteiger partial charge in [0.1, 0.15) is 5.60 Å². The smallest absolute Gasteiger partial charge is 0.410 e. The van der Waals surface area contributed by atoms with Crippen molar-refractivity contribution in [2.24, 2.45) is 0 Å². The number of aliphatic hydroxyl groups excluding tert-OH is 2. The number of nitrogens with zero attached hydrogens (tertiary/aromatic N) is 2. The molecule has 0 radical (unpaired) electrons. The zero-order chi connectivity index (χ0) is 17.9. The van der Waals surface area contributed by atoms with E-state index in [1.165, 1.54) is 5.56 Å². The second kappa shape index (κ2) is 7.72. The van der Waals surface area contributed by atoms with Gasteiger partial charge < -0.3 is 19.8 Å². The largest absolute Gasteiger partial charge is 0.441 e. The molecule has 1 atom stereocenters. The lowest BCUT2D eigenvalue weighted by atomic mass is 9.90. The Bertz CT molecular complexity index is 568. The Balaban J connectivity index is 1.58. The Labute approximate surface area is 149 Å². The number of rotatable bonds is 6. The van der Waals surface area contributed by atoms with Crippen LogP contribution in [-0.4, -0.2) is 77.1 Å². The third-order valence-corrected chi connectivity index (χ3v) is 5.55. The lowest BCUT2D eigenvalue weighted by Crippen LogP contribution is -2.52. The zero-order valence-electron chi connectivity index (χ0n) is 14.8. The van der Waals surface area contributed by atoms with Crippen molar-refractivity contribution in [2.45, 2.75) is 37.3 Å². The molecule has 0 saturated carbocycles. The lowest BCUT2D eigenvalue weighted by molar-refractivity contribution is -0.0262. The molecule has 2 aliphatic heterocycles. The van der Waals surface area contributed by atoms with E-state index in [-0.39, 0.29) is 31.3 Å². The molecule has 6 heteroatoms. The van der Waals surface area contributed by atoms with Crippen molar-refractivity contribution < 1.29 is 19.7 Å². The summed E-state index contributed by atoms with van der Waals surface area (Å²) in [4.78, 5) is 16.3. The Hall–Kier alpha value is -1.63. The molecule has 2 fully saturated rings. The molecule has 6 nitrogen and oxygen atoms in total. The van der Waals surface area contributed by atoms with Gasteiger partial charge in [-0.25, -0.2) is 4.79 Å². The molecule has 0 aromatic heterocycles. The summed E-state index contributed by atoms with van der Waals surface area (Å²) in [5.41, 5.74) is 0.805. The fourth-order valence-electron chi connectivity index (χ4n) is 3.90. The number of aliphatic hydroxyl groups is 2. The summed E-state index contributed by atoms with van der Waals surface area (Å²) in [6.45, 7) is 4.75. The number of hydrogen-bond acceptors (Lipinski definition) is 5. The van der Waals surface area contributed by atoms with E-state index in [4.69, 9.17) is 4.74 Å². The molecule has 1 amide bonds. The number of piperidine rings is 1. The highest BCUT2D eigenvalue weighted by Gasteiger charge is 2.47. The number of benzene rings is 1. The Morgan fingerprint density at radius 3 is 2.40 bits per heavy atom. The maximum atomic E-state index is 12.4. The van der Waals surface area contributed by atoms with E-state index in [1.807, 2.05) is 23.1 Å². The van der Waals surface area contributed by atoms with Gasteiger partial charge in [0.25, 0.3) is 0 Å². The van der Waals surface area contributed by atoms with Gasteiger partial charge in [-0.1, -0.05) is 37.3 Å². The highest BCUT2D eigenvalue weighted by molar-refractivity contribution is 5.70. The number of carbonyl (C=O) groups excluding carboxylic acids is 1. The van der Waals surface area contributed by atoms with E-state index in [0.717, 1.165) is 25.9 Å². The molecule has 138 valence electrons. The standard InChI is InChI=1S/C19H28N2O4/c1-15(16-5-3-2-4-6-16)11-21-14-19(25-18(21)24)7-9-20(10-8-19)17(12-22)13-23/h2-6,15,17,22-23H,7-14H2,1H3. The molecule has 2 heterocycles. The van der Waals surface area contributed by atoms with Crippen LogP contribution in [-0.2, 0) is 4.74 Å². The highest BCUT2D eigenvalue weighted by atomic mass is 16.6. The van der Waals surface area contributed by atoms with Crippen LogP contribution in [0.15, 0.2) is 30.3 Å². The molecule has 2 saturated heterocycles. The molecule has 1 unspecified atom stereocenters. The molecule has 1 aromatic carbocycles. The molecular weight excluding hydrogens is 320 g/mol. The van der Waals surface area contributed by atoms with Gasteiger partial charge in [-0.2, -0.15) is 0 Å². The van der Waals surface area contributed by atoms with E-state index < -0.39 is 5.60 Å². The van der Waals surface area contributed by atoms with Crippen LogP contribution in [0.5, 0.6) is 0 Å². The first-order chi connectivity index (χ1) is 12.1. The maximum Gasteiger partial charge on any atom is 0.410 e. The van der Waals surface area contributed by atoms with Crippen LogP contribution < -0.4 is 0 Å². The molecule has 1 aromatic rings. The van der Waals surface area contributed by atoms with Crippen molar-refractivity contribution in [3.63, 3.8) is 0 Å². The number of amides is 1. The van der Waals surface area contributed by atoms with Crippen molar-refractivity contribution in [1.29, 1.82) is 0 Å².